The van der Waals surface area contributed by atoms with Gasteiger partial charge in [0.25, 0.3) is 0 Å². The highest BCUT2D eigenvalue weighted by molar-refractivity contribution is 7.16. The van der Waals surface area contributed by atoms with Gasteiger partial charge < -0.3 is 0 Å². The molecule has 1 aliphatic carbocycles. The Morgan fingerprint density at radius 1 is 1.47 bits per heavy atom. The van der Waals surface area contributed by atoms with Crippen LogP contribution in [0.2, 0.25) is 5.15 Å². The number of fused-ring (bicyclic) bond motifs is 1. The van der Waals surface area contributed by atoms with Crippen LogP contribution in [0.5, 0.6) is 0 Å². The first-order chi connectivity index (χ1) is 8.24. The van der Waals surface area contributed by atoms with Gasteiger partial charge in [0.1, 0.15) is 15.8 Å². The third-order valence-electron chi connectivity index (χ3n) is 3.41. The standard InChI is InChI=1S/C12H14ClN3S/c1-16(8-3-2-4-8)7-10-14-11(13)9-5-6-17-12(9)15-10/h5-6,8H,2-4,7H2,1H3. The molecule has 3 rings (SSSR count). The predicted octanol–water partition coefficient (Wildman–Crippen LogP) is 3.33. The van der Waals surface area contributed by atoms with Crippen molar-refractivity contribution in [2.45, 2.75) is 31.8 Å². The van der Waals surface area contributed by atoms with Gasteiger partial charge >= 0.3 is 0 Å². The molecule has 1 fully saturated rings. The van der Waals surface area contributed by atoms with Crippen molar-refractivity contribution >= 4 is 33.2 Å². The Morgan fingerprint density at radius 3 is 3.00 bits per heavy atom. The van der Waals surface area contributed by atoms with E-state index in [1.54, 1.807) is 11.3 Å². The van der Waals surface area contributed by atoms with E-state index in [4.69, 9.17) is 11.6 Å². The van der Waals surface area contributed by atoms with Crippen LogP contribution >= 0.6 is 22.9 Å². The zero-order valence-corrected chi connectivity index (χ0v) is 11.3. The number of thiophene rings is 1. The van der Waals surface area contributed by atoms with Crippen molar-refractivity contribution in [3.63, 3.8) is 0 Å². The van der Waals surface area contributed by atoms with Gasteiger partial charge in [-0.1, -0.05) is 18.0 Å². The van der Waals surface area contributed by atoms with Crippen molar-refractivity contribution in [1.82, 2.24) is 14.9 Å². The van der Waals surface area contributed by atoms with Crippen molar-refractivity contribution in [3.8, 4) is 0 Å². The average molecular weight is 268 g/mol. The third kappa shape index (κ3) is 2.17. The van der Waals surface area contributed by atoms with Gasteiger partial charge in [0.2, 0.25) is 0 Å². The maximum absolute atomic E-state index is 6.15. The lowest BCUT2D eigenvalue weighted by molar-refractivity contribution is 0.149. The van der Waals surface area contributed by atoms with Crippen LogP contribution in [0.25, 0.3) is 10.2 Å². The molecule has 2 aromatic heterocycles. The van der Waals surface area contributed by atoms with Gasteiger partial charge in [0.05, 0.1) is 6.54 Å². The number of aromatic nitrogens is 2. The molecule has 0 aromatic carbocycles. The highest BCUT2D eigenvalue weighted by Gasteiger charge is 2.22. The van der Waals surface area contributed by atoms with Crippen LogP contribution in [0.3, 0.4) is 0 Å². The Kier molecular flexibility index (Phi) is 3.03. The first-order valence-electron chi connectivity index (χ1n) is 5.84. The Labute approximate surface area is 109 Å². The molecule has 90 valence electrons. The molecule has 0 bridgehead atoms. The van der Waals surface area contributed by atoms with Crippen LogP contribution in [-0.4, -0.2) is 28.0 Å². The number of hydrogen-bond acceptors (Lipinski definition) is 4. The molecule has 3 nitrogen and oxygen atoms in total. The number of hydrogen-bond donors (Lipinski definition) is 0. The first-order valence-corrected chi connectivity index (χ1v) is 7.09. The number of rotatable bonds is 3. The van der Waals surface area contributed by atoms with E-state index in [9.17, 15) is 0 Å². The van der Waals surface area contributed by atoms with Gasteiger partial charge in [-0.3, -0.25) is 4.90 Å². The maximum atomic E-state index is 6.15. The summed E-state index contributed by atoms with van der Waals surface area (Å²) in [5, 5.41) is 3.55. The molecule has 0 unspecified atom stereocenters. The van der Waals surface area contributed by atoms with Crippen molar-refractivity contribution < 1.29 is 0 Å². The van der Waals surface area contributed by atoms with Crippen molar-refractivity contribution in [1.29, 1.82) is 0 Å². The molecule has 5 heteroatoms. The Morgan fingerprint density at radius 2 is 2.29 bits per heavy atom. The van der Waals surface area contributed by atoms with Gasteiger partial charge in [-0.2, -0.15) is 0 Å². The first kappa shape index (κ1) is 11.4. The average Bonchev–Trinajstić information content (AvgIpc) is 2.62. The fourth-order valence-corrected chi connectivity index (χ4v) is 3.20. The van der Waals surface area contributed by atoms with Crippen molar-refractivity contribution in [2.24, 2.45) is 0 Å². The molecule has 0 atom stereocenters. The molecular formula is C12H14ClN3S. The highest BCUT2D eigenvalue weighted by Crippen LogP contribution is 2.27. The summed E-state index contributed by atoms with van der Waals surface area (Å²) in [6, 6.07) is 2.68. The minimum absolute atomic E-state index is 0.577. The lowest BCUT2D eigenvalue weighted by Crippen LogP contribution is -2.36. The van der Waals surface area contributed by atoms with Gasteiger partial charge in [-0.15, -0.1) is 11.3 Å². The Bertz CT molecular complexity index is 536. The van der Waals surface area contributed by atoms with Crippen LogP contribution < -0.4 is 0 Å². The second-order valence-corrected chi connectivity index (χ2v) is 5.82. The van der Waals surface area contributed by atoms with Gasteiger partial charge in [-0.25, -0.2) is 9.97 Å². The van der Waals surface area contributed by atoms with Crippen molar-refractivity contribution in [2.75, 3.05) is 7.05 Å². The summed E-state index contributed by atoms with van der Waals surface area (Å²) >= 11 is 7.77. The quantitative estimate of drug-likeness (QED) is 0.799. The summed E-state index contributed by atoms with van der Waals surface area (Å²) in [5.74, 6) is 0.833. The third-order valence-corrected chi connectivity index (χ3v) is 4.51. The summed E-state index contributed by atoms with van der Waals surface area (Å²) in [6.45, 7) is 0.790. The van der Waals surface area contributed by atoms with E-state index >= 15 is 0 Å². The molecule has 1 aliphatic rings. The SMILES string of the molecule is CN(Cc1nc(Cl)c2ccsc2n1)C1CCC1. The van der Waals surface area contributed by atoms with Crippen LogP contribution in [0.15, 0.2) is 11.4 Å². The Hall–Kier alpha value is -0.710. The summed E-state index contributed by atoms with van der Waals surface area (Å²) in [6.07, 6.45) is 3.94. The molecule has 17 heavy (non-hydrogen) atoms. The molecule has 0 N–H and O–H groups in total. The summed E-state index contributed by atoms with van der Waals surface area (Å²) in [7, 11) is 2.14. The smallest absolute Gasteiger partial charge is 0.145 e. The van der Waals surface area contributed by atoms with E-state index in [1.165, 1.54) is 19.3 Å². The second-order valence-electron chi connectivity index (χ2n) is 4.57. The largest absolute Gasteiger partial charge is 0.296 e. The zero-order valence-electron chi connectivity index (χ0n) is 9.69. The maximum Gasteiger partial charge on any atom is 0.145 e. The Balaban J connectivity index is 1.84. The topological polar surface area (TPSA) is 29.0 Å². The fourth-order valence-electron chi connectivity index (χ4n) is 2.11. The minimum atomic E-state index is 0.577. The lowest BCUT2D eigenvalue weighted by atomic mass is 9.92. The van der Waals surface area contributed by atoms with Gasteiger partial charge in [0, 0.05) is 11.4 Å². The summed E-state index contributed by atoms with van der Waals surface area (Å²) in [4.78, 5) is 12.2. The summed E-state index contributed by atoms with van der Waals surface area (Å²) in [5.41, 5.74) is 0. The molecule has 2 heterocycles. The second kappa shape index (κ2) is 4.52. The zero-order chi connectivity index (χ0) is 11.8. The molecule has 0 amide bonds. The molecule has 0 spiro atoms. The molecule has 2 aromatic rings. The molecule has 0 radical (unpaired) electrons. The van der Waals surface area contributed by atoms with Gasteiger partial charge in [0.15, 0.2) is 0 Å². The lowest BCUT2D eigenvalue weighted by Gasteiger charge is -2.34. The molecule has 1 saturated carbocycles. The van der Waals surface area contributed by atoms with Gasteiger partial charge in [-0.05, 0) is 31.3 Å². The molecule has 0 saturated heterocycles. The highest BCUT2D eigenvalue weighted by atomic mass is 35.5. The van der Waals surface area contributed by atoms with E-state index in [0.717, 1.165) is 22.6 Å². The predicted molar refractivity (Wildman–Crippen MR) is 71.5 cm³/mol. The number of halogens is 1. The van der Waals surface area contributed by atoms with E-state index in [0.29, 0.717) is 11.2 Å². The van der Waals surface area contributed by atoms with E-state index in [-0.39, 0.29) is 0 Å². The number of nitrogens with zero attached hydrogens (tertiary/aromatic N) is 3. The fraction of sp³-hybridized carbons (Fsp3) is 0.500. The van der Waals surface area contributed by atoms with Crippen LogP contribution in [-0.2, 0) is 6.54 Å². The normalized spacial score (nSPS) is 16.6. The van der Waals surface area contributed by atoms with Crippen molar-refractivity contribution in [3.05, 3.63) is 22.4 Å². The van der Waals surface area contributed by atoms with Crippen LogP contribution in [0, 0.1) is 0 Å². The molecule has 0 aliphatic heterocycles. The van der Waals surface area contributed by atoms with E-state index in [1.807, 2.05) is 11.4 Å². The molecular weight excluding hydrogens is 254 g/mol. The minimum Gasteiger partial charge on any atom is -0.296 e. The summed E-state index contributed by atoms with van der Waals surface area (Å²) < 4.78 is 0. The van der Waals surface area contributed by atoms with Crippen LogP contribution in [0.1, 0.15) is 25.1 Å². The van der Waals surface area contributed by atoms with E-state index < -0.39 is 0 Å². The van der Waals surface area contributed by atoms with Crippen LogP contribution in [0.4, 0.5) is 0 Å². The van der Waals surface area contributed by atoms with E-state index in [2.05, 4.69) is 21.9 Å². The monoisotopic (exact) mass is 267 g/mol.